The zero-order valence-corrected chi connectivity index (χ0v) is 11.0. The van der Waals surface area contributed by atoms with E-state index in [1.54, 1.807) is 35.3 Å². The van der Waals surface area contributed by atoms with Crippen LogP contribution in [0.1, 0.15) is 13.8 Å². The Balaban J connectivity index is 3.60. The zero-order chi connectivity index (χ0) is 11.5. The molecular weight excluding hydrogens is 252 g/mol. The molecule has 2 unspecified atom stereocenters. The zero-order valence-electron chi connectivity index (χ0n) is 8.50. The van der Waals surface area contributed by atoms with Crippen molar-refractivity contribution in [2.24, 2.45) is 9.98 Å². The lowest BCUT2D eigenvalue weighted by molar-refractivity contribution is 0.563. The van der Waals surface area contributed by atoms with Crippen LogP contribution in [0.3, 0.4) is 0 Å². The largest absolute Gasteiger partial charge is 0.235 e. The average molecular weight is 264 g/mol. The fourth-order valence-electron chi connectivity index (χ4n) is 0.686. The summed E-state index contributed by atoms with van der Waals surface area (Å²) in [4.78, 5) is 26.6. The third-order valence-electron chi connectivity index (χ3n) is 1.26. The van der Waals surface area contributed by atoms with Crippen LogP contribution in [0.25, 0.3) is 0 Å². The Kier molecular flexibility index (Phi) is 10.2. The Morgan fingerprint density at radius 1 is 1.00 bits per heavy atom. The monoisotopic (exact) mass is 264 g/mol. The van der Waals surface area contributed by atoms with Gasteiger partial charge in [-0.25, -0.2) is 9.59 Å². The molecule has 0 heterocycles. The number of hydrogen-bond donors (Lipinski definition) is 0. The van der Waals surface area contributed by atoms with Gasteiger partial charge in [0.25, 0.3) is 0 Å². The predicted molar refractivity (Wildman–Crippen MR) is 67.7 cm³/mol. The van der Waals surface area contributed by atoms with Crippen LogP contribution in [0.15, 0.2) is 9.98 Å². The van der Waals surface area contributed by atoms with Crippen LogP contribution in [-0.4, -0.2) is 33.1 Å². The maximum Gasteiger partial charge on any atom is 0.235 e. The molecule has 0 rings (SSSR count). The first-order valence-electron chi connectivity index (χ1n) is 4.16. The van der Waals surface area contributed by atoms with Crippen molar-refractivity contribution in [3.8, 4) is 0 Å². The van der Waals surface area contributed by atoms with Gasteiger partial charge in [-0.3, -0.25) is 0 Å². The third kappa shape index (κ3) is 10.1. The second-order valence-electron chi connectivity index (χ2n) is 2.36. The molecule has 2 atom stereocenters. The molecule has 0 aliphatic carbocycles. The molecule has 0 aromatic heterocycles. The lowest BCUT2D eigenvalue weighted by Crippen LogP contribution is -1.98. The molecular formula is C8H12N2O2S3. The van der Waals surface area contributed by atoms with Gasteiger partial charge < -0.3 is 0 Å². The van der Waals surface area contributed by atoms with E-state index < -0.39 is 0 Å². The van der Waals surface area contributed by atoms with Crippen LogP contribution in [0, 0.1) is 0 Å². The summed E-state index contributed by atoms with van der Waals surface area (Å²) >= 11 is 4.91. The summed E-state index contributed by atoms with van der Waals surface area (Å²) in [6.45, 7) is 4.10. The number of isocyanates is 2. The molecule has 7 heteroatoms. The topological polar surface area (TPSA) is 58.9 Å². The molecule has 0 fully saturated rings. The van der Waals surface area contributed by atoms with Gasteiger partial charge in [-0.05, 0) is 13.8 Å². The molecule has 0 aromatic carbocycles. The maximum absolute atomic E-state index is 9.82. The van der Waals surface area contributed by atoms with Crippen LogP contribution in [-0.2, 0) is 9.59 Å². The van der Waals surface area contributed by atoms with E-state index in [-0.39, 0.29) is 0 Å². The lowest BCUT2D eigenvalue weighted by atomic mass is 10.9. The van der Waals surface area contributed by atoms with Gasteiger partial charge in [-0.2, -0.15) is 9.98 Å². The van der Waals surface area contributed by atoms with Gasteiger partial charge in [0.1, 0.15) is 0 Å². The van der Waals surface area contributed by atoms with Crippen molar-refractivity contribution < 1.29 is 9.59 Å². The number of aliphatic imine (C=N–C) groups is 2. The summed E-state index contributed by atoms with van der Waals surface area (Å²) in [5.41, 5.74) is 0. The third-order valence-corrected chi connectivity index (χ3v) is 5.00. The minimum absolute atomic E-state index is 0.352. The van der Waals surface area contributed by atoms with Crippen LogP contribution in [0.4, 0.5) is 0 Å². The second kappa shape index (κ2) is 10.3. The molecule has 0 radical (unpaired) electrons. The lowest BCUT2D eigenvalue weighted by Gasteiger charge is -2.14. The molecule has 0 N–H and O–H groups in total. The van der Waals surface area contributed by atoms with Crippen LogP contribution < -0.4 is 0 Å². The van der Waals surface area contributed by atoms with Gasteiger partial charge in [0.2, 0.25) is 12.2 Å². The molecule has 0 aliphatic rings. The molecule has 4 nitrogen and oxygen atoms in total. The molecule has 0 aromatic rings. The van der Waals surface area contributed by atoms with E-state index in [9.17, 15) is 9.59 Å². The Labute approximate surface area is 102 Å². The summed E-state index contributed by atoms with van der Waals surface area (Å²) in [5, 5.41) is 0. The molecule has 84 valence electrons. The van der Waals surface area contributed by atoms with Crippen LogP contribution in [0.5, 0.6) is 0 Å². The smallest absolute Gasteiger partial charge is 0.211 e. The van der Waals surface area contributed by atoms with E-state index in [1.807, 2.05) is 0 Å². The number of thioether (sulfide) groups is 3. The second-order valence-corrected chi connectivity index (χ2v) is 7.24. The molecule has 0 bridgehead atoms. The van der Waals surface area contributed by atoms with Crippen molar-refractivity contribution in [2.45, 2.75) is 23.0 Å². The Hall–Kier alpha value is -0.190. The minimum atomic E-state index is 0.352. The van der Waals surface area contributed by atoms with Crippen molar-refractivity contribution in [3.05, 3.63) is 0 Å². The Morgan fingerprint density at radius 2 is 1.40 bits per heavy atom. The average Bonchev–Trinajstić information content (AvgIpc) is 2.18. The van der Waals surface area contributed by atoms with Gasteiger partial charge in [-0.15, -0.1) is 35.3 Å². The van der Waals surface area contributed by atoms with Crippen molar-refractivity contribution in [2.75, 3.05) is 11.8 Å². The first-order valence-corrected chi connectivity index (χ1v) is 7.20. The molecule has 15 heavy (non-hydrogen) atoms. The summed E-state index contributed by atoms with van der Waals surface area (Å²) in [6, 6.07) is 0. The standard InChI is InChI=1S/C8H12N2O2S3/c1-7(13-5-9-3-11)15-8(2)14-6-10-4-12/h7-8H,5-6H2,1-2H3. The molecule has 0 aliphatic heterocycles. The van der Waals surface area contributed by atoms with E-state index in [1.165, 1.54) is 12.2 Å². The van der Waals surface area contributed by atoms with E-state index >= 15 is 0 Å². The molecule has 0 amide bonds. The first kappa shape index (κ1) is 14.8. The van der Waals surface area contributed by atoms with E-state index in [0.29, 0.717) is 20.9 Å². The number of nitrogens with zero attached hydrogens (tertiary/aromatic N) is 2. The fourth-order valence-corrected chi connectivity index (χ4v) is 4.10. The first-order chi connectivity index (χ1) is 7.20. The maximum atomic E-state index is 9.82. The highest BCUT2D eigenvalue weighted by Crippen LogP contribution is 2.32. The van der Waals surface area contributed by atoms with E-state index in [2.05, 4.69) is 23.8 Å². The molecule has 0 saturated carbocycles. The van der Waals surface area contributed by atoms with Gasteiger partial charge in [0.15, 0.2) is 0 Å². The SMILES string of the molecule is CC(SCN=C=O)SC(C)SCN=C=O. The number of rotatable bonds is 8. The Bertz CT molecular complexity index is 237. The highest BCUT2D eigenvalue weighted by atomic mass is 32.2. The minimum Gasteiger partial charge on any atom is -0.211 e. The van der Waals surface area contributed by atoms with Crippen molar-refractivity contribution >= 4 is 47.4 Å². The van der Waals surface area contributed by atoms with Gasteiger partial charge in [-0.1, -0.05) is 0 Å². The highest BCUT2D eigenvalue weighted by molar-refractivity contribution is 8.24. The van der Waals surface area contributed by atoms with Gasteiger partial charge in [0, 0.05) is 0 Å². The van der Waals surface area contributed by atoms with Crippen LogP contribution >= 0.6 is 35.3 Å². The summed E-state index contributed by atoms with van der Waals surface area (Å²) in [7, 11) is 0. The molecule has 0 saturated heterocycles. The molecule has 0 spiro atoms. The summed E-state index contributed by atoms with van der Waals surface area (Å²) in [6.07, 6.45) is 3.00. The van der Waals surface area contributed by atoms with Crippen LogP contribution in [0.2, 0.25) is 0 Å². The summed E-state index contributed by atoms with van der Waals surface area (Å²) in [5.74, 6) is 0.892. The fraction of sp³-hybridized carbons (Fsp3) is 0.750. The van der Waals surface area contributed by atoms with Gasteiger partial charge >= 0.3 is 0 Å². The highest BCUT2D eigenvalue weighted by Gasteiger charge is 2.09. The summed E-state index contributed by atoms with van der Waals surface area (Å²) < 4.78 is 0.703. The number of hydrogen-bond acceptors (Lipinski definition) is 7. The van der Waals surface area contributed by atoms with Gasteiger partial charge in [0.05, 0.1) is 20.9 Å². The van der Waals surface area contributed by atoms with Crippen molar-refractivity contribution in [1.29, 1.82) is 0 Å². The Morgan fingerprint density at radius 3 is 1.73 bits per heavy atom. The predicted octanol–water partition coefficient (Wildman–Crippen LogP) is 2.46. The van der Waals surface area contributed by atoms with Crippen molar-refractivity contribution in [3.63, 3.8) is 0 Å². The van der Waals surface area contributed by atoms with E-state index in [0.717, 1.165) is 0 Å². The number of carbonyl (C=O) groups excluding carboxylic acids is 2. The van der Waals surface area contributed by atoms with E-state index in [4.69, 9.17) is 0 Å². The van der Waals surface area contributed by atoms with Crippen molar-refractivity contribution in [1.82, 2.24) is 0 Å². The quantitative estimate of drug-likeness (QED) is 0.383. The normalized spacial score (nSPS) is 13.5.